The highest BCUT2D eigenvalue weighted by molar-refractivity contribution is 5.83. The molecule has 114 valence electrons. The summed E-state index contributed by atoms with van der Waals surface area (Å²) in [5.41, 5.74) is 2.19. The number of aromatic amines is 1. The van der Waals surface area contributed by atoms with Crippen LogP contribution in [0.3, 0.4) is 0 Å². The Morgan fingerprint density at radius 2 is 2.10 bits per heavy atom. The molecule has 3 aliphatic rings. The summed E-state index contributed by atoms with van der Waals surface area (Å²) in [7, 11) is 0. The number of aromatic nitrogens is 2. The minimum Gasteiger partial charge on any atom is -0.347 e. The van der Waals surface area contributed by atoms with Crippen molar-refractivity contribution in [2.75, 3.05) is 6.54 Å². The van der Waals surface area contributed by atoms with Gasteiger partial charge in [0.15, 0.2) is 0 Å². The van der Waals surface area contributed by atoms with Gasteiger partial charge >= 0.3 is 0 Å². The van der Waals surface area contributed by atoms with Crippen molar-refractivity contribution >= 4 is 5.91 Å². The van der Waals surface area contributed by atoms with Crippen LogP contribution in [0.25, 0.3) is 0 Å². The second kappa shape index (κ2) is 5.44. The second-order valence-corrected chi connectivity index (χ2v) is 6.75. The Labute approximate surface area is 125 Å². The normalized spacial score (nSPS) is 29.8. The number of nitrogens with one attached hydrogen (secondary N) is 2. The van der Waals surface area contributed by atoms with Crippen molar-refractivity contribution in [3.05, 3.63) is 17.7 Å². The number of imidazole rings is 1. The molecule has 1 aliphatic carbocycles. The summed E-state index contributed by atoms with van der Waals surface area (Å²) in [6.45, 7) is 1.68. The number of nitrogens with zero attached hydrogens (tertiary/aromatic N) is 2. The Morgan fingerprint density at radius 1 is 1.24 bits per heavy atom. The third kappa shape index (κ3) is 2.37. The minimum absolute atomic E-state index is 0.0807. The SMILES string of the molecule is O=C(C1Cc2nc[nH]c2CN1)N1CCCC1C1CCCC1. The first kappa shape index (κ1) is 13.3. The molecule has 1 saturated heterocycles. The van der Waals surface area contributed by atoms with E-state index in [1.807, 2.05) is 0 Å². The maximum absolute atomic E-state index is 12.9. The summed E-state index contributed by atoms with van der Waals surface area (Å²) in [6.07, 6.45) is 10.2. The lowest BCUT2D eigenvalue weighted by Crippen LogP contribution is -2.52. The van der Waals surface area contributed by atoms with Crippen molar-refractivity contribution in [1.82, 2.24) is 20.2 Å². The molecule has 0 radical (unpaired) electrons. The van der Waals surface area contributed by atoms with Crippen molar-refractivity contribution in [2.24, 2.45) is 5.92 Å². The lowest BCUT2D eigenvalue weighted by Gasteiger charge is -2.33. The van der Waals surface area contributed by atoms with E-state index < -0.39 is 0 Å². The second-order valence-electron chi connectivity index (χ2n) is 6.75. The summed E-state index contributed by atoms with van der Waals surface area (Å²) in [6, 6.07) is 0.421. The number of likely N-dealkylation sites (tertiary alicyclic amines) is 1. The Hall–Kier alpha value is -1.36. The van der Waals surface area contributed by atoms with Crippen LogP contribution in [-0.2, 0) is 17.8 Å². The van der Waals surface area contributed by atoms with E-state index >= 15 is 0 Å². The number of rotatable bonds is 2. The predicted octanol–water partition coefficient (Wildman–Crippen LogP) is 1.61. The van der Waals surface area contributed by atoms with Crippen LogP contribution in [0.4, 0.5) is 0 Å². The monoisotopic (exact) mass is 288 g/mol. The first-order valence-corrected chi connectivity index (χ1v) is 8.38. The van der Waals surface area contributed by atoms with Gasteiger partial charge in [0, 0.05) is 25.6 Å². The molecule has 5 heteroatoms. The number of amides is 1. The summed E-state index contributed by atoms with van der Waals surface area (Å²) in [5.74, 6) is 1.05. The van der Waals surface area contributed by atoms with Crippen LogP contribution in [-0.4, -0.2) is 39.4 Å². The number of H-pyrrole nitrogens is 1. The average molecular weight is 288 g/mol. The molecule has 0 spiro atoms. The smallest absolute Gasteiger partial charge is 0.240 e. The number of hydrogen-bond donors (Lipinski definition) is 2. The average Bonchev–Trinajstić information content (AvgIpc) is 3.24. The molecule has 2 unspecified atom stereocenters. The molecule has 21 heavy (non-hydrogen) atoms. The third-order valence-electron chi connectivity index (χ3n) is 5.55. The maximum atomic E-state index is 12.9. The molecule has 1 aromatic rings. The van der Waals surface area contributed by atoms with Gasteiger partial charge in [0.2, 0.25) is 5.91 Å². The molecule has 4 rings (SSSR count). The van der Waals surface area contributed by atoms with Gasteiger partial charge in [-0.15, -0.1) is 0 Å². The molecule has 2 aliphatic heterocycles. The standard InChI is InChI=1S/C16H24N4O/c21-16(13-8-12-14(9-17-13)19-10-18-12)20-7-3-6-15(20)11-4-1-2-5-11/h10-11,13,15,17H,1-9H2,(H,18,19). The Bertz CT molecular complexity index is 520. The van der Waals surface area contributed by atoms with Crippen molar-refractivity contribution in [3.63, 3.8) is 0 Å². The van der Waals surface area contributed by atoms with Crippen molar-refractivity contribution < 1.29 is 4.79 Å². The van der Waals surface area contributed by atoms with Crippen LogP contribution < -0.4 is 5.32 Å². The lowest BCUT2D eigenvalue weighted by molar-refractivity contribution is -0.135. The fourth-order valence-electron chi connectivity index (χ4n) is 4.44. The topological polar surface area (TPSA) is 61.0 Å². The van der Waals surface area contributed by atoms with Crippen LogP contribution in [0.5, 0.6) is 0 Å². The van der Waals surface area contributed by atoms with Gasteiger partial charge in [-0.05, 0) is 31.6 Å². The van der Waals surface area contributed by atoms with Gasteiger partial charge < -0.3 is 9.88 Å². The first-order chi connectivity index (χ1) is 10.3. The highest BCUT2D eigenvalue weighted by Crippen LogP contribution is 2.35. The van der Waals surface area contributed by atoms with Gasteiger partial charge in [0.25, 0.3) is 0 Å². The summed E-state index contributed by atoms with van der Waals surface area (Å²) in [5, 5.41) is 3.39. The molecular weight excluding hydrogens is 264 g/mol. The molecule has 5 nitrogen and oxygen atoms in total. The third-order valence-corrected chi connectivity index (χ3v) is 5.55. The zero-order valence-corrected chi connectivity index (χ0v) is 12.5. The van der Waals surface area contributed by atoms with E-state index in [0.29, 0.717) is 11.9 Å². The van der Waals surface area contributed by atoms with Crippen LogP contribution in [0.15, 0.2) is 6.33 Å². The summed E-state index contributed by atoms with van der Waals surface area (Å²) in [4.78, 5) is 22.6. The molecule has 0 bridgehead atoms. The van der Waals surface area contributed by atoms with E-state index in [9.17, 15) is 4.79 Å². The Balaban J connectivity index is 1.47. The molecular formula is C16H24N4O. The largest absolute Gasteiger partial charge is 0.347 e. The zero-order valence-electron chi connectivity index (χ0n) is 12.5. The highest BCUT2D eigenvalue weighted by atomic mass is 16.2. The molecule has 2 atom stereocenters. The van der Waals surface area contributed by atoms with Gasteiger partial charge in [-0.3, -0.25) is 10.1 Å². The highest BCUT2D eigenvalue weighted by Gasteiger charge is 2.39. The maximum Gasteiger partial charge on any atom is 0.240 e. The minimum atomic E-state index is -0.0807. The van der Waals surface area contributed by atoms with Gasteiger partial charge in [0.05, 0.1) is 23.8 Å². The molecule has 1 amide bonds. The van der Waals surface area contributed by atoms with Crippen molar-refractivity contribution in [3.8, 4) is 0 Å². The van der Waals surface area contributed by atoms with E-state index in [0.717, 1.165) is 36.8 Å². The van der Waals surface area contributed by atoms with Gasteiger partial charge in [-0.1, -0.05) is 12.8 Å². The van der Waals surface area contributed by atoms with E-state index in [1.165, 1.54) is 38.5 Å². The van der Waals surface area contributed by atoms with Crippen LogP contribution >= 0.6 is 0 Å². The van der Waals surface area contributed by atoms with E-state index in [4.69, 9.17) is 0 Å². The van der Waals surface area contributed by atoms with Crippen LogP contribution in [0.2, 0.25) is 0 Å². The molecule has 0 aromatic carbocycles. The van der Waals surface area contributed by atoms with Crippen LogP contribution in [0, 0.1) is 5.92 Å². The van der Waals surface area contributed by atoms with E-state index in [1.54, 1.807) is 6.33 Å². The molecule has 2 fully saturated rings. The molecule has 1 aromatic heterocycles. The van der Waals surface area contributed by atoms with Crippen molar-refractivity contribution in [2.45, 2.75) is 63.6 Å². The summed E-state index contributed by atoms with van der Waals surface area (Å²) < 4.78 is 0. The Morgan fingerprint density at radius 3 is 2.95 bits per heavy atom. The molecule has 3 heterocycles. The molecule has 1 saturated carbocycles. The van der Waals surface area contributed by atoms with Gasteiger partial charge in [0.1, 0.15) is 0 Å². The summed E-state index contributed by atoms with van der Waals surface area (Å²) >= 11 is 0. The quantitative estimate of drug-likeness (QED) is 0.869. The first-order valence-electron chi connectivity index (χ1n) is 8.38. The van der Waals surface area contributed by atoms with Crippen molar-refractivity contribution in [1.29, 1.82) is 0 Å². The number of hydrogen-bond acceptors (Lipinski definition) is 3. The Kier molecular flexibility index (Phi) is 3.45. The zero-order chi connectivity index (χ0) is 14.2. The number of carbonyl (C=O) groups is 1. The fourth-order valence-corrected chi connectivity index (χ4v) is 4.44. The van der Waals surface area contributed by atoms with Crippen LogP contribution in [0.1, 0.15) is 49.9 Å². The fraction of sp³-hybridized carbons (Fsp3) is 0.750. The lowest BCUT2D eigenvalue weighted by atomic mass is 9.95. The molecule has 2 N–H and O–H groups in total. The van der Waals surface area contributed by atoms with E-state index in [-0.39, 0.29) is 6.04 Å². The van der Waals surface area contributed by atoms with Gasteiger partial charge in [-0.2, -0.15) is 0 Å². The predicted molar refractivity (Wildman–Crippen MR) is 79.6 cm³/mol. The van der Waals surface area contributed by atoms with Gasteiger partial charge in [-0.25, -0.2) is 4.98 Å². The number of fused-ring (bicyclic) bond motifs is 1. The van der Waals surface area contributed by atoms with E-state index in [2.05, 4.69) is 20.2 Å². The number of carbonyl (C=O) groups excluding carboxylic acids is 1.